The number of anilines is 1. The van der Waals surface area contributed by atoms with Crippen LogP contribution in [0.3, 0.4) is 0 Å². The summed E-state index contributed by atoms with van der Waals surface area (Å²) in [4.78, 5) is 13.7. The average Bonchev–Trinajstić information content (AvgIpc) is 2.18. The Kier molecular flexibility index (Phi) is 3.86. The number of nitrogens with zero attached hydrogens (tertiary/aromatic N) is 1. The van der Waals surface area contributed by atoms with E-state index in [-0.39, 0.29) is 10.8 Å². The topological polar surface area (TPSA) is 46.3 Å². The van der Waals surface area contributed by atoms with Gasteiger partial charge in [-0.25, -0.2) is 0 Å². The normalized spacial score (nSPS) is 12.1. The van der Waals surface area contributed by atoms with E-state index in [1.807, 2.05) is 11.9 Å². The highest BCUT2D eigenvalue weighted by Gasteiger charge is 2.29. The molecule has 0 radical (unpaired) electrons. The minimum atomic E-state index is -0.0582. The monoisotopic (exact) mass is 240 g/mol. The zero-order chi connectivity index (χ0) is 12.5. The van der Waals surface area contributed by atoms with Crippen molar-refractivity contribution < 1.29 is 0 Å². The van der Waals surface area contributed by atoms with E-state index in [0.717, 1.165) is 24.2 Å². The van der Waals surface area contributed by atoms with Crippen LogP contribution in [-0.4, -0.2) is 20.1 Å². The van der Waals surface area contributed by atoms with Crippen molar-refractivity contribution in [2.45, 2.75) is 32.6 Å². The third-order valence-electron chi connectivity index (χ3n) is 2.71. The number of hydrogen-bond donors (Lipinski definition) is 1. The Morgan fingerprint density at radius 3 is 2.38 bits per heavy atom. The zero-order valence-electron chi connectivity index (χ0n) is 10.5. The van der Waals surface area contributed by atoms with Crippen LogP contribution >= 0.6 is 12.2 Å². The lowest BCUT2D eigenvalue weighted by molar-refractivity contribution is 0.579. The Hall–Kier alpha value is -0.740. The van der Waals surface area contributed by atoms with E-state index >= 15 is 0 Å². The zero-order valence-corrected chi connectivity index (χ0v) is 11.3. The highest BCUT2D eigenvalue weighted by Crippen LogP contribution is 2.32. The molecule has 90 valence electrons. The van der Waals surface area contributed by atoms with Gasteiger partial charge in [0, 0.05) is 19.2 Å². The molecule has 0 aliphatic rings. The van der Waals surface area contributed by atoms with Gasteiger partial charge < -0.3 is 10.6 Å². The maximum atomic E-state index is 11.8. The lowest BCUT2D eigenvalue weighted by Gasteiger charge is -2.30. The van der Waals surface area contributed by atoms with Crippen molar-refractivity contribution >= 4 is 17.9 Å². The third kappa shape index (κ3) is 2.33. The summed E-state index contributed by atoms with van der Waals surface area (Å²) in [5, 5.41) is 0. The van der Waals surface area contributed by atoms with Gasteiger partial charge in [0.1, 0.15) is 0 Å². The van der Waals surface area contributed by atoms with E-state index in [4.69, 9.17) is 18.0 Å². The predicted octanol–water partition coefficient (Wildman–Crippen LogP) is 1.73. The van der Waals surface area contributed by atoms with Gasteiger partial charge in [0.2, 0.25) is 5.43 Å². The molecule has 16 heavy (non-hydrogen) atoms. The molecule has 3 nitrogen and oxygen atoms in total. The molecule has 0 saturated carbocycles. The van der Waals surface area contributed by atoms with Gasteiger partial charge in [-0.1, -0.05) is 33.0 Å². The Bertz CT molecular complexity index is 438. The second kappa shape index (κ2) is 4.63. The standard InChI is InChI=1S/C12H20N2OS/c1-12(2,3)8-9(10(15)11(8)16)14(4)7-5-6-13/h5-7,13H2,1-4H3. The average molecular weight is 240 g/mol. The highest BCUT2D eigenvalue weighted by molar-refractivity contribution is 7.71. The van der Waals surface area contributed by atoms with Crippen molar-refractivity contribution in [3.05, 3.63) is 20.3 Å². The van der Waals surface area contributed by atoms with E-state index < -0.39 is 0 Å². The van der Waals surface area contributed by atoms with Crippen LogP contribution in [-0.2, 0) is 5.41 Å². The van der Waals surface area contributed by atoms with Gasteiger partial charge in [-0.15, -0.1) is 0 Å². The molecular weight excluding hydrogens is 220 g/mol. The molecule has 0 fully saturated rings. The van der Waals surface area contributed by atoms with E-state index in [1.165, 1.54) is 0 Å². The van der Waals surface area contributed by atoms with Crippen molar-refractivity contribution in [3.63, 3.8) is 0 Å². The number of nitrogens with two attached hydrogens (primary N) is 1. The van der Waals surface area contributed by atoms with Crippen LogP contribution < -0.4 is 16.1 Å². The third-order valence-corrected chi connectivity index (χ3v) is 3.10. The minimum Gasteiger partial charge on any atom is -0.371 e. The molecule has 0 saturated heterocycles. The van der Waals surface area contributed by atoms with Crippen LogP contribution in [0.1, 0.15) is 32.8 Å². The first-order chi connectivity index (χ1) is 7.30. The van der Waals surface area contributed by atoms with Gasteiger partial charge in [0.15, 0.2) is 0 Å². The lowest BCUT2D eigenvalue weighted by atomic mass is 9.82. The maximum absolute atomic E-state index is 11.8. The van der Waals surface area contributed by atoms with E-state index in [1.54, 1.807) is 0 Å². The summed E-state index contributed by atoms with van der Waals surface area (Å²) in [7, 11) is 1.93. The van der Waals surface area contributed by atoms with Crippen molar-refractivity contribution in [3.8, 4) is 0 Å². The molecule has 0 bridgehead atoms. The van der Waals surface area contributed by atoms with Gasteiger partial charge in [0.05, 0.1) is 10.2 Å². The van der Waals surface area contributed by atoms with Crippen molar-refractivity contribution in [1.82, 2.24) is 0 Å². The summed E-state index contributed by atoms with van der Waals surface area (Å²) in [6.45, 7) is 7.69. The van der Waals surface area contributed by atoms with Gasteiger partial charge in [0.25, 0.3) is 0 Å². The van der Waals surface area contributed by atoms with Gasteiger partial charge in [-0.3, -0.25) is 4.79 Å². The summed E-state index contributed by atoms with van der Waals surface area (Å²) >= 11 is 5.13. The Morgan fingerprint density at radius 2 is 1.94 bits per heavy atom. The lowest BCUT2D eigenvalue weighted by Crippen LogP contribution is -2.35. The molecule has 0 aliphatic heterocycles. The Morgan fingerprint density at radius 1 is 1.38 bits per heavy atom. The summed E-state index contributed by atoms with van der Waals surface area (Å²) in [5.41, 5.74) is 7.22. The molecule has 4 heteroatoms. The Labute approximate surface area is 102 Å². The molecule has 0 amide bonds. The molecule has 0 spiro atoms. The van der Waals surface area contributed by atoms with Gasteiger partial charge in [-0.2, -0.15) is 0 Å². The predicted molar refractivity (Wildman–Crippen MR) is 71.6 cm³/mol. The van der Waals surface area contributed by atoms with E-state index in [0.29, 0.717) is 11.1 Å². The SMILES string of the molecule is CN(CCCN)c1c(C(C)(C)C)c(=S)c1=O. The van der Waals surface area contributed by atoms with Crippen molar-refractivity contribution in [2.75, 3.05) is 25.0 Å². The summed E-state index contributed by atoms with van der Waals surface area (Å²) < 4.78 is 0.502. The molecule has 1 aromatic carbocycles. The second-order valence-corrected chi connectivity index (χ2v) is 5.60. The summed E-state index contributed by atoms with van der Waals surface area (Å²) in [6.07, 6.45) is 0.886. The van der Waals surface area contributed by atoms with E-state index in [2.05, 4.69) is 20.8 Å². The van der Waals surface area contributed by atoms with Gasteiger partial charge in [-0.05, 0) is 18.4 Å². The maximum Gasteiger partial charge on any atom is 0.220 e. The van der Waals surface area contributed by atoms with Crippen LogP contribution in [0.2, 0.25) is 0 Å². The van der Waals surface area contributed by atoms with Crippen LogP contribution in [0.25, 0.3) is 0 Å². The summed E-state index contributed by atoms with van der Waals surface area (Å²) in [5.74, 6) is 0. The van der Waals surface area contributed by atoms with Crippen LogP contribution in [0, 0.1) is 4.51 Å². The fourth-order valence-electron chi connectivity index (χ4n) is 1.88. The number of rotatable bonds is 4. The first kappa shape index (κ1) is 13.3. The first-order valence-corrected chi connectivity index (χ1v) is 5.96. The molecule has 0 aromatic heterocycles. The fourth-order valence-corrected chi connectivity index (χ4v) is 2.38. The van der Waals surface area contributed by atoms with Crippen LogP contribution in [0.4, 0.5) is 5.69 Å². The molecule has 0 atom stereocenters. The largest absolute Gasteiger partial charge is 0.371 e. The molecule has 0 heterocycles. The van der Waals surface area contributed by atoms with Crippen molar-refractivity contribution in [1.29, 1.82) is 0 Å². The second-order valence-electron chi connectivity index (χ2n) is 5.20. The number of hydrogen-bond acceptors (Lipinski definition) is 4. The quantitative estimate of drug-likeness (QED) is 0.814. The van der Waals surface area contributed by atoms with Gasteiger partial charge >= 0.3 is 0 Å². The fraction of sp³-hybridized carbons (Fsp3) is 0.667. The molecule has 2 N–H and O–H groups in total. The molecule has 0 aliphatic carbocycles. The molecule has 0 unspecified atom stereocenters. The smallest absolute Gasteiger partial charge is 0.220 e. The van der Waals surface area contributed by atoms with Crippen LogP contribution in [0.5, 0.6) is 0 Å². The molecular formula is C12H20N2OS. The molecule has 1 aromatic rings. The Balaban J connectivity index is 3.02. The van der Waals surface area contributed by atoms with E-state index in [9.17, 15) is 4.79 Å². The van der Waals surface area contributed by atoms with Crippen molar-refractivity contribution in [2.24, 2.45) is 5.73 Å². The summed E-state index contributed by atoms with van der Waals surface area (Å²) in [6, 6.07) is 0. The molecule has 1 rings (SSSR count). The first-order valence-electron chi connectivity index (χ1n) is 5.55. The minimum absolute atomic E-state index is 0.0134. The highest BCUT2D eigenvalue weighted by atomic mass is 32.1. The van der Waals surface area contributed by atoms with Crippen LogP contribution in [0.15, 0.2) is 4.79 Å².